The highest BCUT2D eigenvalue weighted by Crippen LogP contribution is 2.10. The van der Waals surface area contributed by atoms with Gasteiger partial charge in [-0.25, -0.2) is 4.98 Å². The van der Waals surface area contributed by atoms with Gasteiger partial charge in [0.1, 0.15) is 0 Å². The Hall–Kier alpha value is -2.47. The summed E-state index contributed by atoms with van der Waals surface area (Å²) in [5.74, 6) is -0.139. The van der Waals surface area contributed by atoms with Crippen LogP contribution in [0.15, 0.2) is 47.7 Å². The SMILES string of the molecule is CCN(Cc1ccc(C(=O)NCCn2cnccc2=O)cc1)C(C)C. The molecule has 1 aromatic heterocycles. The lowest BCUT2D eigenvalue weighted by Crippen LogP contribution is -2.31. The summed E-state index contributed by atoms with van der Waals surface area (Å²) in [6, 6.07) is 9.56. The first-order chi connectivity index (χ1) is 12.0. The van der Waals surface area contributed by atoms with E-state index in [1.165, 1.54) is 28.7 Å². The smallest absolute Gasteiger partial charge is 0.253 e. The number of nitrogens with zero attached hydrogens (tertiary/aromatic N) is 3. The van der Waals surface area contributed by atoms with Crippen molar-refractivity contribution in [2.45, 2.75) is 39.9 Å². The maximum Gasteiger partial charge on any atom is 0.253 e. The molecule has 0 aliphatic rings. The average molecular weight is 342 g/mol. The summed E-state index contributed by atoms with van der Waals surface area (Å²) >= 11 is 0. The second-order valence-electron chi connectivity index (χ2n) is 6.22. The molecule has 0 saturated carbocycles. The molecule has 0 bridgehead atoms. The summed E-state index contributed by atoms with van der Waals surface area (Å²) in [6.45, 7) is 9.15. The molecule has 0 aliphatic heterocycles. The molecule has 0 saturated heterocycles. The van der Waals surface area contributed by atoms with Crippen molar-refractivity contribution in [2.75, 3.05) is 13.1 Å². The largest absolute Gasteiger partial charge is 0.350 e. The van der Waals surface area contributed by atoms with Crippen molar-refractivity contribution in [1.82, 2.24) is 19.8 Å². The Morgan fingerprint density at radius 3 is 2.56 bits per heavy atom. The van der Waals surface area contributed by atoms with Gasteiger partial charge >= 0.3 is 0 Å². The van der Waals surface area contributed by atoms with E-state index in [9.17, 15) is 9.59 Å². The lowest BCUT2D eigenvalue weighted by molar-refractivity contribution is 0.0952. The normalized spacial score (nSPS) is 11.1. The van der Waals surface area contributed by atoms with Crippen LogP contribution in [0.5, 0.6) is 0 Å². The molecule has 1 N–H and O–H groups in total. The van der Waals surface area contributed by atoms with Crippen LogP contribution in [0.1, 0.15) is 36.7 Å². The van der Waals surface area contributed by atoms with Crippen LogP contribution in [0.25, 0.3) is 0 Å². The van der Waals surface area contributed by atoms with Gasteiger partial charge in [-0.1, -0.05) is 19.1 Å². The third-order valence-corrected chi connectivity index (χ3v) is 4.17. The highest BCUT2D eigenvalue weighted by Gasteiger charge is 2.09. The fraction of sp³-hybridized carbons (Fsp3) is 0.421. The van der Waals surface area contributed by atoms with Gasteiger partial charge in [-0.2, -0.15) is 0 Å². The summed E-state index contributed by atoms with van der Waals surface area (Å²) in [5.41, 5.74) is 1.68. The second kappa shape index (κ2) is 9.13. The minimum Gasteiger partial charge on any atom is -0.350 e. The van der Waals surface area contributed by atoms with Gasteiger partial charge < -0.3 is 5.32 Å². The molecule has 6 nitrogen and oxygen atoms in total. The highest BCUT2D eigenvalue weighted by molar-refractivity contribution is 5.94. The molecule has 0 unspecified atom stereocenters. The number of benzene rings is 1. The van der Waals surface area contributed by atoms with Gasteiger partial charge in [0.05, 0.1) is 6.33 Å². The number of carbonyl (C=O) groups is 1. The first-order valence-corrected chi connectivity index (χ1v) is 8.63. The van der Waals surface area contributed by atoms with Gasteiger partial charge in [-0.15, -0.1) is 0 Å². The van der Waals surface area contributed by atoms with Crippen LogP contribution in [-0.2, 0) is 13.1 Å². The lowest BCUT2D eigenvalue weighted by atomic mass is 10.1. The van der Waals surface area contributed by atoms with Gasteiger partial charge in [0.25, 0.3) is 11.5 Å². The predicted octanol–water partition coefficient (Wildman–Crippen LogP) is 1.90. The van der Waals surface area contributed by atoms with Crippen LogP contribution in [0, 0.1) is 0 Å². The summed E-state index contributed by atoms with van der Waals surface area (Å²) < 4.78 is 1.47. The molecule has 0 radical (unpaired) electrons. The quantitative estimate of drug-likeness (QED) is 0.796. The Morgan fingerprint density at radius 2 is 1.96 bits per heavy atom. The average Bonchev–Trinajstić information content (AvgIpc) is 2.61. The van der Waals surface area contributed by atoms with E-state index in [0.717, 1.165) is 13.1 Å². The lowest BCUT2D eigenvalue weighted by Gasteiger charge is -2.24. The number of rotatable bonds is 8. The van der Waals surface area contributed by atoms with Crippen LogP contribution in [0.3, 0.4) is 0 Å². The molecular formula is C19H26N4O2. The third-order valence-electron chi connectivity index (χ3n) is 4.17. The van der Waals surface area contributed by atoms with Crippen molar-refractivity contribution < 1.29 is 4.79 Å². The van der Waals surface area contributed by atoms with Crippen LogP contribution < -0.4 is 10.9 Å². The predicted molar refractivity (Wildman–Crippen MR) is 98.5 cm³/mol. The van der Waals surface area contributed by atoms with E-state index in [2.05, 4.69) is 36.0 Å². The summed E-state index contributed by atoms with van der Waals surface area (Å²) in [5, 5.41) is 2.83. The van der Waals surface area contributed by atoms with Crippen molar-refractivity contribution in [2.24, 2.45) is 0 Å². The van der Waals surface area contributed by atoms with E-state index in [-0.39, 0.29) is 11.5 Å². The molecule has 0 aliphatic carbocycles. The van der Waals surface area contributed by atoms with E-state index in [4.69, 9.17) is 0 Å². The zero-order valence-electron chi connectivity index (χ0n) is 15.1. The topological polar surface area (TPSA) is 67.2 Å². The van der Waals surface area contributed by atoms with E-state index in [1.54, 1.807) is 0 Å². The van der Waals surface area contributed by atoms with Gasteiger partial charge in [0, 0.05) is 43.5 Å². The summed E-state index contributed by atoms with van der Waals surface area (Å²) in [7, 11) is 0. The van der Waals surface area contributed by atoms with Crippen molar-refractivity contribution >= 4 is 5.91 Å². The molecule has 1 aromatic carbocycles. The van der Waals surface area contributed by atoms with Crippen LogP contribution >= 0.6 is 0 Å². The number of carbonyl (C=O) groups excluding carboxylic acids is 1. The fourth-order valence-electron chi connectivity index (χ4n) is 2.59. The standard InChI is InChI=1S/C19H26N4O2/c1-4-22(15(2)3)13-16-5-7-17(8-6-16)19(25)21-11-12-23-14-20-10-9-18(23)24/h5-10,14-15H,4,11-13H2,1-3H3,(H,21,25). The highest BCUT2D eigenvalue weighted by atomic mass is 16.1. The zero-order chi connectivity index (χ0) is 18.2. The van der Waals surface area contributed by atoms with Gasteiger partial charge in [-0.3, -0.25) is 19.1 Å². The van der Waals surface area contributed by atoms with E-state index < -0.39 is 0 Å². The molecule has 1 heterocycles. The van der Waals surface area contributed by atoms with Crippen molar-refractivity contribution in [3.63, 3.8) is 0 Å². The summed E-state index contributed by atoms with van der Waals surface area (Å²) in [4.78, 5) is 30.0. The van der Waals surface area contributed by atoms with Crippen molar-refractivity contribution in [1.29, 1.82) is 0 Å². The Morgan fingerprint density at radius 1 is 1.24 bits per heavy atom. The number of hydrogen-bond acceptors (Lipinski definition) is 4. The maximum atomic E-state index is 12.2. The van der Waals surface area contributed by atoms with Gasteiger partial charge in [0.15, 0.2) is 0 Å². The van der Waals surface area contributed by atoms with Crippen molar-refractivity contribution in [3.05, 3.63) is 64.3 Å². The molecule has 2 aromatic rings. The monoisotopic (exact) mass is 342 g/mol. The van der Waals surface area contributed by atoms with Crippen molar-refractivity contribution in [3.8, 4) is 0 Å². The molecule has 0 spiro atoms. The molecule has 134 valence electrons. The summed E-state index contributed by atoms with van der Waals surface area (Å²) in [6.07, 6.45) is 2.93. The van der Waals surface area contributed by atoms with Gasteiger partial charge in [0.2, 0.25) is 0 Å². The first-order valence-electron chi connectivity index (χ1n) is 8.63. The van der Waals surface area contributed by atoms with E-state index in [1.807, 2.05) is 24.3 Å². The maximum absolute atomic E-state index is 12.2. The molecule has 6 heteroatoms. The van der Waals surface area contributed by atoms with Crippen LogP contribution in [-0.4, -0.2) is 39.5 Å². The third kappa shape index (κ3) is 5.53. The molecule has 25 heavy (non-hydrogen) atoms. The molecule has 1 amide bonds. The number of hydrogen-bond donors (Lipinski definition) is 1. The van der Waals surface area contributed by atoms with Gasteiger partial charge in [-0.05, 0) is 38.1 Å². The number of amides is 1. The zero-order valence-corrected chi connectivity index (χ0v) is 15.1. The Labute approximate surface area is 148 Å². The fourth-order valence-corrected chi connectivity index (χ4v) is 2.59. The Balaban J connectivity index is 1.88. The minimum absolute atomic E-state index is 0.126. The molecule has 2 rings (SSSR count). The number of nitrogens with one attached hydrogen (secondary N) is 1. The first kappa shape index (κ1) is 18.9. The van der Waals surface area contributed by atoms with E-state index >= 15 is 0 Å². The van der Waals surface area contributed by atoms with Crippen LogP contribution in [0.2, 0.25) is 0 Å². The second-order valence-corrected chi connectivity index (χ2v) is 6.22. The number of aromatic nitrogens is 2. The van der Waals surface area contributed by atoms with Crippen LogP contribution in [0.4, 0.5) is 0 Å². The molecular weight excluding hydrogens is 316 g/mol. The molecule has 0 atom stereocenters. The molecule has 0 fully saturated rings. The Kier molecular flexibility index (Phi) is 6.89. The van der Waals surface area contributed by atoms with E-state index in [0.29, 0.717) is 24.7 Å². The minimum atomic E-state index is -0.139. The Bertz CT molecular complexity index is 738.